The molecule has 0 unspecified atom stereocenters. The molecule has 1 aromatic heterocycles. The van der Waals surface area contributed by atoms with Crippen molar-refractivity contribution < 1.29 is 0 Å². The smallest absolute Gasteiger partial charge is 0.103 e. The molecular weight excluding hydrogens is 236 g/mol. The first kappa shape index (κ1) is 14.0. The second-order valence-electron chi connectivity index (χ2n) is 4.54. The lowest BCUT2D eigenvalue weighted by atomic mass is 10.1. The van der Waals surface area contributed by atoms with Gasteiger partial charge in [-0.15, -0.1) is 11.3 Å². The topological polar surface area (TPSA) is 24.9 Å². The monoisotopic (exact) mass is 258 g/mol. The van der Waals surface area contributed by atoms with Crippen LogP contribution in [0.15, 0.2) is 0 Å². The van der Waals surface area contributed by atoms with Gasteiger partial charge in [-0.05, 0) is 12.2 Å². The summed E-state index contributed by atoms with van der Waals surface area (Å²) in [6.45, 7) is 9.75. The van der Waals surface area contributed by atoms with E-state index in [9.17, 15) is 0 Å². The molecule has 0 aromatic carbocycles. The van der Waals surface area contributed by atoms with Crippen molar-refractivity contribution in [2.75, 3.05) is 6.26 Å². The summed E-state index contributed by atoms with van der Waals surface area (Å²) in [5, 5.41) is 4.74. The van der Waals surface area contributed by atoms with Crippen molar-refractivity contribution in [3.63, 3.8) is 0 Å². The summed E-state index contributed by atoms with van der Waals surface area (Å²) >= 11 is 3.70. The number of thiazole rings is 1. The fourth-order valence-corrected chi connectivity index (χ4v) is 3.34. The fraction of sp³-hybridized carbons (Fsp3) is 0.750. The number of thioether (sulfide) groups is 1. The minimum absolute atomic E-state index is 0.524. The van der Waals surface area contributed by atoms with Crippen LogP contribution in [0.4, 0.5) is 0 Å². The van der Waals surface area contributed by atoms with Gasteiger partial charge in [0.05, 0.1) is 5.69 Å². The average Bonchev–Trinajstić information content (AvgIpc) is 2.59. The molecular formula is C12H22N2S2. The van der Waals surface area contributed by atoms with E-state index in [1.54, 1.807) is 0 Å². The van der Waals surface area contributed by atoms with Crippen LogP contribution in [-0.2, 0) is 12.3 Å². The van der Waals surface area contributed by atoms with Gasteiger partial charge in [0.1, 0.15) is 5.01 Å². The lowest BCUT2D eigenvalue weighted by Crippen LogP contribution is -2.22. The molecule has 0 saturated heterocycles. The molecule has 0 aliphatic rings. The third kappa shape index (κ3) is 4.07. The molecule has 2 nitrogen and oxygen atoms in total. The zero-order chi connectivity index (χ0) is 12.1. The molecule has 1 N–H and O–H groups in total. The maximum absolute atomic E-state index is 4.74. The van der Waals surface area contributed by atoms with E-state index in [1.807, 2.05) is 23.1 Å². The Hall–Kier alpha value is -0.0600. The summed E-state index contributed by atoms with van der Waals surface area (Å²) in [7, 11) is 0. The van der Waals surface area contributed by atoms with Gasteiger partial charge in [-0.25, -0.2) is 4.98 Å². The van der Waals surface area contributed by atoms with Crippen LogP contribution in [0.2, 0.25) is 0 Å². The van der Waals surface area contributed by atoms with Gasteiger partial charge < -0.3 is 5.32 Å². The maximum atomic E-state index is 4.74. The van der Waals surface area contributed by atoms with E-state index < -0.39 is 0 Å². The number of nitrogens with zero attached hydrogens (tertiary/aromatic N) is 1. The summed E-state index contributed by atoms with van der Waals surface area (Å²) in [4.78, 5) is 6.15. The molecule has 1 aromatic rings. The Labute approximate surface area is 107 Å². The minimum atomic E-state index is 0.524. The highest BCUT2D eigenvalue weighted by atomic mass is 32.2. The van der Waals surface area contributed by atoms with Crippen LogP contribution in [0, 0.1) is 0 Å². The molecule has 0 saturated carbocycles. The van der Waals surface area contributed by atoms with Crippen LogP contribution in [0.25, 0.3) is 0 Å². The molecule has 16 heavy (non-hydrogen) atoms. The Balaban J connectivity index is 2.78. The summed E-state index contributed by atoms with van der Waals surface area (Å²) in [6, 6.07) is 0.533. The first-order chi connectivity index (χ1) is 7.54. The zero-order valence-corrected chi connectivity index (χ0v) is 12.5. The molecule has 0 bridgehead atoms. The normalized spacial score (nSPS) is 11.7. The first-order valence-corrected chi connectivity index (χ1v) is 7.96. The van der Waals surface area contributed by atoms with E-state index >= 15 is 0 Å². The van der Waals surface area contributed by atoms with Gasteiger partial charge in [-0.3, -0.25) is 0 Å². The molecule has 1 rings (SSSR count). The molecule has 0 radical (unpaired) electrons. The second kappa shape index (κ2) is 6.62. The van der Waals surface area contributed by atoms with Gasteiger partial charge in [0.15, 0.2) is 0 Å². The molecule has 4 heteroatoms. The van der Waals surface area contributed by atoms with E-state index in [2.05, 4.69) is 39.3 Å². The summed E-state index contributed by atoms with van der Waals surface area (Å²) in [6.07, 6.45) is 2.13. The predicted octanol–water partition coefficient (Wildman–Crippen LogP) is 3.63. The zero-order valence-electron chi connectivity index (χ0n) is 10.8. The molecule has 0 fully saturated rings. The first-order valence-electron chi connectivity index (χ1n) is 5.75. The Kier molecular flexibility index (Phi) is 5.79. The van der Waals surface area contributed by atoms with Gasteiger partial charge in [0.2, 0.25) is 0 Å². The Morgan fingerprint density at radius 3 is 2.50 bits per heavy atom. The number of rotatable bonds is 6. The SMILES string of the molecule is CSCc1nc(C(C)C)c(CNC(C)C)s1. The van der Waals surface area contributed by atoms with Crippen molar-refractivity contribution >= 4 is 23.1 Å². The predicted molar refractivity (Wildman–Crippen MR) is 75.4 cm³/mol. The molecule has 0 aliphatic heterocycles. The molecule has 0 spiro atoms. The van der Waals surface area contributed by atoms with E-state index in [0.29, 0.717) is 12.0 Å². The van der Waals surface area contributed by atoms with Crippen molar-refractivity contribution in [3.8, 4) is 0 Å². The molecule has 0 aliphatic carbocycles. The third-order valence-corrected chi connectivity index (χ3v) is 4.07. The van der Waals surface area contributed by atoms with Crippen LogP contribution in [0.3, 0.4) is 0 Å². The van der Waals surface area contributed by atoms with Crippen LogP contribution in [0.5, 0.6) is 0 Å². The van der Waals surface area contributed by atoms with Crippen LogP contribution in [-0.4, -0.2) is 17.3 Å². The number of nitrogens with one attached hydrogen (secondary N) is 1. The lowest BCUT2D eigenvalue weighted by molar-refractivity contribution is 0.588. The average molecular weight is 258 g/mol. The van der Waals surface area contributed by atoms with Crippen molar-refractivity contribution in [3.05, 3.63) is 15.6 Å². The highest BCUT2D eigenvalue weighted by Gasteiger charge is 2.13. The van der Waals surface area contributed by atoms with E-state index in [1.165, 1.54) is 15.6 Å². The van der Waals surface area contributed by atoms with Gasteiger partial charge >= 0.3 is 0 Å². The summed E-state index contributed by atoms with van der Waals surface area (Å²) in [5.74, 6) is 1.56. The van der Waals surface area contributed by atoms with Gasteiger partial charge in [0, 0.05) is 23.2 Å². The highest BCUT2D eigenvalue weighted by Crippen LogP contribution is 2.27. The number of hydrogen-bond donors (Lipinski definition) is 1. The Morgan fingerprint density at radius 1 is 1.31 bits per heavy atom. The van der Waals surface area contributed by atoms with Crippen LogP contribution in [0.1, 0.15) is 49.2 Å². The molecule has 0 amide bonds. The second-order valence-corrected chi connectivity index (χ2v) is 6.57. The fourth-order valence-electron chi connectivity index (χ4n) is 1.47. The van der Waals surface area contributed by atoms with Gasteiger partial charge in [0.25, 0.3) is 0 Å². The number of aromatic nitrogens is 1. The standard InChI is InChI=1S/C12H22N2S2/c1-8(2)12-10(6-13-9(3)4)16-11(14-12)7-15-5/h8-9,13H,6-7H2,1-5H3. The van der Waals surface area contributed by atoms with E-state index in [4.69, 9.17) is 4.98 Å². The van der Waals surface area contributed by atoms with Crippen molar-refractivity contribution in [1.82, 2.24) is 10.3 Å². The minimum Gasteiger partial charge on any atom is -0.310 e. The molecule has 0 atom stereocenters. The van der Waals surface area contributed by atoms with Crippen molar-refractivity contribution in [1.29, 1.82) is 0 Å². The summed E-state index contributed by atoms with van der Waals surface area (Å²) in [5.41, 5.74) is 1.28. The summed E-state index contributed by atoms with van der Waals surface area (Å²) < 4.78 is 0. The lowest BCUT2D eigenvalue weighted by Gasteiger charge is -2.09. The third-order valence-electron chi connectivity index (χ3n) is 2.26. The molecule has 1 heterocycles. The van der Waals surface area contributed by atoms with Gasteiger partial charge in [-0.1, -0.05) is 27.7 Å². The van der Waals surface area contributed by atoms with Gasteiger partial charge in [-0.2, -0.15) is 11.8 Å². The quantitative estimate of drug-likeness (QED) is 0.843. The largest absolute Gasteiger partial charge is 0.310 e. The Bertz CT molecular complexity index is 319. The number of hydrogen-bond acceptors (Lipinski definition) is 4. The maximum Gasteiger partial charge on any atom is 0.103 e. The van der Waals surface area contributed by atoms with Crippen LogP contribution < -0.4 is 5.32 Å². The van der Waals surface area contributed by atoms with Crippen molar-refractivity contribution in [2.45, 2.75) is 52.0 Å². The van der Waals surface area contributed by atoms with Crippen molar-refractivity contribution in [2.24, 2.45) is 0 Å². The highest BCUT2D eigenvalue weighted by molar-refractivity contribution is 7.97. The van der Waals surface area contributed by atoms with E-state index in [-0.39, 0.29) is 0 Å². The molecule has 92 valence electrons. The van der Waals surface area contributed by atoms with E-state index in [0.717, 1.165) is 12.3 Å². The Morgan fingerprint density at radius 2 is 2.00 bits per heavy atom. The van der Waals surface area contributed by atoms with Crippen LogP contribution >= 0.6 is 23.1 Å².